The van der Waals surface area contributed by atoms with E-state index in [2.05, 4.69) is 24.3 Å². The van der Waals surface area contributed by atoms with Gasteiger partial charge in [-0.2, -0.15) is 0 Å². The van der Waals surface area contributed by atoms with Crippen molar-refractivity contribution >= 4 is 18.0 Å². The van der Waals surface area contributed by atoms with Gasteiger partial charge >= 0.3 is 5.97 Å². The van der Waals surface area contributed by atoms with Crippen molar-refractivity contribution in [3.8, 4) is 0 Å². The molecule has 0 saturated heterocycles. The molecule has 0 atom stereocenters. The zero-order chi connectivity index (χ0) is 22.6. The Morgan fingerprint density at radius 2 is 1.31 bits per heavy atom. The standard InChI is InChI=1S/C27H25NO4/c28-19-25(29)26(32-20-21-10-4-1-5-11-21)18-27(30)31-17-16-24(22-12-6-2-7-13-22)23-14-8-3-9-15-23/h1-15,18-19,24,28H,16-17,20H2/b26-18-,28-19?. The molecule has 3 rings (SSSR count). The fourth-order valence-corrected chi connectivity index (χ4v) is 3.31. The number of hydrogen-bond donors (Lipinski definition) is 1. The lowest BCUT2D eigenvalue weighted by Gasteiger charge is -2.18. The quantitative estimate of drug-likeness (QED) is 0.201. The summed E-state index contributed by atoms with van der Waals surface area (Å²) in [5, 5.41) is 7.20. The summed E-state index contributed by atoms with van der Waals surface area (Å²) in [6, 6.07) is 29.4. The largest absolute Gasteiger partial charge is 0.484 e. The summed E-state index contributed by atoms with van der Waals surface area (Å²) in [6.07, 6.45) is 2.22. The number of carbonyl (C=O) groups is 2. The first-order valence-electron chi connectivity index (χ1n) is 10.4. The van der Waals surface area contributed by atoms with Crippen LogP contribution in [0.1, 0.15) is 29.0 Å². The molecule has 0 radical (unpaired) electrons. The van der Waals surface area contributed by atoms with Crippen molar-refractivity contribution in [2.24, 2.45) is 0 Å². The Morgan fingerprint density at radius 3 is 1.84 bits per heavy atom. The SMILES string of the molecule is N=CC(=O)/C(=C/C(=O)OCCC(c1ccccc1)c1ccccc1)OCc1ccccc1. The van der Waals surface area contributed by atoms with Crippen molar-refractivity contribution in [2.75, 3.05) is 6.61 Å². The molecule has 0 spiro atoms. The lowest BCUT2D eigenvalue weighted by molar-refractivity contribution is -0.138. The molecule has 0 unspecified atom stereocenters. The molecule has 0 aromatic heterocycles. The molecule has 0 aliphatic carbocycles. The minimum absolute atomic E-state index is 0.0752. The fourth-order valence-electron chi connectivity index (χ4n) is 3.31. The van der Waals surface area contributed by atoms with Crippen LogP contribution in [0.5, 0.6) is 0 Å². The Labute approximate surface area is 187 Å². The van der Waals surface area contributed by atoms with Crippen molar-refractivity contribution < 1.29 is 19.1 Å². The number of carbonyl (C=O) groups excluding carboxylic acids is 2. The maximum Gasteiger partial charge on any atom is 0.334 e. The third-order valence-corrected chi connectivity index (χ3v) is 4.91. The summed E-state index contributed by atoms with van der Waals surface area (Å²) >= 11 is 0. The average molecular weight is 428 g/mol. The molecule has 1 N–H and O–H groups in total. The van der Waals surface area contributed by atoms with Crippen LogP contribution in [0.2, 0.25) is 0 Å². The molecule has 5 nitrogen and oxygen atoms in total. The summed E-state index contributed by atoms with van der Waals surface area (Å²) in [5.74, 6) is -1.50. The van der Waals surface area contributed by atoms with E-state index in [1.165, 1.54) is 0 Å². The van der Waals surface area contributed by atoms with Gasteiger partial charge in [-0.25, -0.2) is 4.79 Å². The van der Waals surface area contributed by atoms with Gasteiger partial charge in [0.05, 0.1) is 18.9 Å². The number of nitrogens with one attached hydrogen (secondary N) is 1. The van der Waals surface area contributed by atoms with Crippen LogP contribution in [0.15, 0.2) is 103 Å². The van der Waals surface area contributed by atoms with E-state index in [1.54, 1.807) is 0 Å². The highest BCUT2D eigenvalue weighted by atomic mass is 16.5. The molecule has 5 heteroatoms. The monoisotopic (exact) mass is 427 g/mol. The summed E-state index contributed by atoms with van der Waals surface area (Å²) < 4.78 is 10.8. The predicted molar refractivity (Wildman–Crippen MR) is 123 cm³/mol. The Balaban J connectivity index is 1.63. The first kappa shape index (κ1) is 22.7. The van der Waals surface area contributed by atoms with E-state index >= 15 is 0 Å². The van der Waals surface area contributed by atoms with Crippen LogP contribution in [0.3, 0.4) is 0 Å². The smallest absolute Gasteiger partial charge is 0.334 e. The van der Waals surface area contributed by atoms with E-state index in [4.69, 9.17) is 14.9 Å². The maximum atomic E-state index is 12.3. The third-order valence-electron chi connectivity index (χ3n) is 4.91. The van der Waals surface area contributed by atoms with E-state index in [1.807, 2.05) is 66.7 Å². The van der Waals surface area contributed by atoms with Gasteiger partial charge in [0, 0.05) is 5.92 Å². The second-order valence-electron chi connectivity index (χ2n) is 7.12. The van der Waals surface area contributed by atoms with Gasteiger partial charge in [-0.3, -0.25) is 4.79 Å². The number of rotatable bonds is 11. The van der Waals surface area contributed by atoms with Crippen LogP contribution >= 0.6 is 0 Å². The molecular formula is C27H25NO4. The van der Waals surface area contributed by atoms with Crippen molar-refractivity contribution in [2.45, 2.75) is 18.9 Å². The fraction of sp³-hybridized carbons (Fsp3) is 0.148. The van der Waals surface area contributed by atoms with Crippen LogP contribution in [0, 0.1) is 5.41 Å². The molecule has 0 bridgehead atoms. The number of benzene rings is 3. The number of hydrogen-bond acceptors (Lipinski definition) is 5. The first-order valence-corrected chi connectivity index (χ1v) is 10.4. The molecule has 3 aromatic carbocycles. The first-order chi connectivity index (χ1) is 15.7. The molecule has 0 aliphatic rings. The second-order valence-corrected chi connectivity index (χ2v) is 7.12. The van der Waals surface area contributed by atoms with Gasteiger partial charge in [-0.05, 0) is 23.1 Å². The van der Waals surface area contributed by atoms with Gasteiger partial charge in [0.25, 0.3) is 0 Å². The molecule has 32 heavy (non-hydrogen) atoms. The lowest BCUT2D eigenvalue weighted by atomic mass is 9.89. The van der Waals surface area contributed by atoms with E-state index < -0.39 is 11.8 Å². The lowest BCUT2D eigenvalue weighted by Crippen LogP contribution is -2.13. The van der Waals surface area contributed by atoms with Crippen LogP contribution in [0.4, 0.5) is 0 Å². The average Bonchev–Trinajstić information content (AvgIpc) is 2.85. The van der Waals surface area contributed by atoms with Crippen molar-refractivity contribution in [3.05, 3.63) is 120 Å². The zero-order valence-electron chi connectivity index (χ0n) is 17.6. The highest BCUT2D eigenvalue weighted by Crippen LogP contribution is 2.27. The van der Waals surface area contributed by atoms with Crippen molar-refractivity contribution in [1.82, 2.24) is 0 Å². The number of ether oxygens (including phenoxy) is 2. The van der Waals surface area contributed by atoms with Gasteiger partial charge in [-0.1, -0.05) is 91.0 Å². The van der Waals surface area contributed by atoms with Crippen LogP contribution < -0.4 is 0 Å². The summed E-state index contributed by atoms with van der Waals surface area (Å²) in [4.78, 5) is 24.3. The molecule has 0 heterocycles. The number of ketones is 1. The highest BCUT2D eigenvalue weighted by Gasteiger charge is 2.16. The van der Waals surface area contributed by atoms with Gasteiger partial charge in [0.15, 0.2) is 5.76 Å². The Kier molecular flexibility index (Phi) is 8.51. The van der Waals surface area contributed by atoms with Gasteiger partial charge in [-0.15, -0.1) is 0 Å². The van der Waals surface area contributed by atoms with E-state index in [0.717, 1.165) is 22.8 Å². The molecule has 0 saturated carbocycles. The minimum Gasteiger partial charge on any atom is -0.484 e. The van der Waals surface area contributed by atoms with E-state index in [0.29, 0.717) is 12.6 Å². The number of Topliss-reactive ketones (excluding diaryl/α,β-unsaturated/α-hetero) is 1. The van der Waals surface area contributed by atoms with E-state index in [-0.39, 0.29) is 24.9 Å². The Hall–Kier alpha value is -3.99. The number of esters is 1. The maximum absolute atomic E-state index is 12.3. The number of allylic oxidation sites excluding steroid dienone is 1. The van der Waals surface area contributed by atoms with Crippen LogP contribution in [-0.2, 0) is 25.7 Å². The van der Waals surface area contributed by atoms with Gasteiger partial charge in [0.2, 0.25) is 5.78 Å². The van der Waals surface area contributed by atoms with Crippen LogP contribution in [0.25, 0.3) is 0 Å². The molecule has 0 aliphatic heterocycles. The summed E-state index contributed by atoms with van der Waals surface area (Å²) in [6.45, 7) is 0.290. The Bertz CT molecular complexity index is 1010. The molecule has 0 amide bonds. The predicted octanol–water partition coefficient (Wildman–Crippen LogP) is 5.07. The molecular weight excluding hydrogens is 402 g/mol. The molecule has 162 valence electrons. The van der Waals surface area contributed by atoms with Crippen molar-refractivity contribution in [1.29, 1.82) is 5.41 Å². The van der Waals surface area contributed by atoms with Gasteiger partial charge < -0.3 is 14.9 Å². The van der Waals surface area contributed by atoms with E-state index in [9.17, 15) is 9.59 Å². The third kappa shape index (κ3) is 6.77. The topological polar surface area (TPSA) is 76.5 Å². The van der Waals surface area contributed by atoms with Gasteiger partial charge in [0.1, 0.15) is 6.61 Å². The highest BCUT2D eigenvalue weighted by molar-refractivity contribution is 6.34. The minimum atomic E-state index is -0.690. The van der Waals surface area contributed by atoms with Crippen LogP contribution in [-0.4, -0.2) is 24.6 Å². The van der Waals surface area contributed by atoms with Crippen molar-refractivity contribution in [3.63, 3.8) is 0 Å². The molecule has 0 fully saturated rings. The summed E-state index contributed by atoms with van der Waals surface area (Å²) in [5.41, 5.74) is 3.12. The Morgan fingerprint density at radius 1 is 0.781 bits per heavy atom. The normalized spacial score (nSPS) is 11.1. The summed E-state index contributed by atoms with van der Waals surface area (Å²) in [7, 11) is 0. The second kappa shape index (κ2) is 12.0. The zero-order valence-corrected chi connectivity index (χ0v) is 17.6. The molecule has 3 aromatic rings.